The summed E-state index contributed by atoms with van der Waals surface area (Å²) in [7, 11) is 0. The summed E-state index contributed by atoms with van der Waals surface area (Å²) in [6.45, 7) is 0.585. The second-order valence-electron chi connectivity index (χ2n) is 6.70. The van der Waals surface area contributed by atoms with Crippen LogP contribution in [0.5, 0.6) is 5.75 Å². The van der Waals surface area contributed by atoms with E-state index in [9.17, 15) is 14.7 Å². The first kappa shape index (κ1) is 15.7. The number of hydrogen-bond donors (Lipinski definition) is 2. The lowest BCUT2D eigenvalue weighted by Gasteiger charge is -2.27. The van der Waals surface area contributed by atoms with Crippen molar-refractivity contribution in [2.75, 3.05) is 6.61 Å². The van der Waals surface area contributed by atoms with Gasteiger partial charge in [-0.2, -0.15) is 0 Å². The van der Waals surface area contributed by atoms with E-state index in [1.807, 2.05) is 30.3 Å². The van der Waals surface area contributed by atoms with Gasteiger partial charge in [-0.15, -0.1) is 0 Å². The number of amides is 1. The summed E-state index contributed by atoms with van der Waals surface area (Å²) in [6, 6.07) is 15.6. The first-order valence-electron chi connectivity index (χ1n) is 8.42. The number of aliphatic carboxylic acids is 1. The minimum atomic E-state index is -1.05. The van der Waals surface area contributed by atoms with Gasteiger partial charge in [0.2, 0.25) is 5.91 Å². The highest BCUT2D eigenvalue weighted by molar-refractivity contribution is 5.89. The molecule has 0 unspecified atom stereocenters. The molecule has 0 aromatic heterocycles. The molecule has 1 amide bonds. The number of rotatable bonds is 4. The molecule has 5 nitrogen and oxygen atoms in total. The van der Waals surface area contributed by atoms with Gasteiger partial charge >= 0.3 is 5.97 Å². The Labute approximate surface area is 145 Å². The Balaban J connectivity index is 1.55. The van der Waals surface area contributed by atoms with Crippen molar-refractivity contribution < 1.29 is 19.4 Å². The fraction of sp³-hybridized carbons (Fsp3) is 0.300. The van der Waals surface area contributed by atoms with Crippen molar-refractivity contribution in [2.24, 2.45) is 5.92 Å². The molecule has 1 saturated carbocycles. The predicted molar refractivity (Wildman–Crippen MR) is 91.3 cm³/mol. The van der Waals surface area contributed by atoms with Crippen LogP contribution in [0.1, 0.15) is 30.0 Å². The van der Waals surface area contributed by atoms with Gasteiger partial charge in [0.1, 0.15) is 5.75 Å². The highest BCUT2D eigenvalue weighted by Crippen LogP contribution is 2.60. The van der Waals surface area contributed by atoms with E-state index in [0.29, 0.717) is 12.2 Å². The monoisotopic (exact) mass is 337 g/mol. The third-order valence-electron chi connectivity index (χ3n) is 5.29. The van der Waals surface area contributed by atoms with Crippen molar-refractivity contribution in [3.8, 4) is 5.75 Å². The molecule has 2 aromatic carbocycles. The van der Waals surface area contributed by atoms with E-state index >= 15 is 0 Å². The molecule has 0 radical (unpaired) electrons. The largest absolute Gasteiger partial charge is 0.493 e. The summed E-state index contributed by atoms with van der Waals surface area (Å²) in [5, 5.41) is 12.2. The Hall–Kier alpha value is -2.82. The van der Waals surface area contributed by atoms with Crippen molar-refractivity contribution in [1.29, 1.82) is 0 Å². The minimum absolute atomic E-state index is 0.201. The molecule has 3 atom stereocenters. The SMILES string of the molecule is O=C(O)[C@H](NC(=O)[C@@H]1C[C@]12CCOc1ccccc12)c1ccccc1. The van der Waals surface area contributed by atoms with Gasteiger partial charge in [0.25, 0.3) is 0 Å². The number of para-hydroxylation sites is 1. The van der Waals surface area contributed by atoms with Crippen LogP contribution < -0.4 is 10.1 Å². The lowest BCUT2D eigenvalue weighted by Crippen LogP contribution is -2.37. The fourth-order valence-corrected chi connectivity index (χ4v) is 3.88. The number of hydrogen-bond acceptors (Lipinski definition) is 3. The Bertz CT molecular complexity index is 819. The number of carboxylic acid groups (broad SMARTS) is 1. The topological polar surface area (TPSA) is 75.6 Å². The molecule has 1 spiro atoms. The summed E-state index contributed by atoms with van der Waals surface area (Å²) >= 11 is 0. The first-order valence-corrected chi connectivity index (χ1v) is 8.42. The van der Waals surface area contributed by atoms with Crippen LogP contribution in [0.4, 0.5) is 0 Å². The number of carbonyl (C=O) groups excluding carboxylic acids is 1. The smallest absolute Gasteiger partial charge is 0.330 e. The molecule has 25 heavy (non-hydrogen) atoms. The number of ether oxygens (including phenoxy) is 1. The van der Waals surface area contributed by atoms with Crippen LogP contribution in [0.25, 0.3) is 0 Å². The van der Waals surface area contributed by atoms with Crippen LogP contribution in [-0.4, -0.2) is 23.6 Å². The van der Waals surface area contributed by atoms with E-state index < -0.39 is 12.0 Å². The van der Waals surface area contributed by atoms with E-state index in [1.165, 1.54) is 0 Å². The van der Waals surface area contributed by atoms with Crippen molar-refractivity contribution in [2.45, 2.75) is 24.3 Å². The quantitative estimate of drug-likeness (QED) is 0.899. The summed E-state index contributed by atoms with van der Waals surface area (Å²) < 4.78 is 5.69. The van der Waals surface area contributed by atoms with Gasteiger partial charge in [0.15, 0.2) is 6.04 Å². The van der Waals surface area contributed by atoms with Crippen LogP contribution in [0.2, 0.25) is 0 Å². The van der Waals surface area contributed by atoms with Gasteiger partial charge in [-0.3, -0.25) is 4.79 Å². The van der Waals surface area contributed by atoms with Gasteiger partial charge in [-0.25, -0.2) is 4.79 Å². The fourth-order valence-electron chi connectivity index (χ4n) is 3.88. The molecular formula is C20H19NO4. The van der Waals surface area contributed by atoms with Crippen LogP contribution in [0.3, 0.4) is 0 Å². The maximum Gasteiger partial charge on any atom is 0.330 e. The normalized spacial score (nSPS) is 24.7. The molecule has 1 heterocycles. The van der Waals surface area contributed by atoms with Crippen molar-refractivity contribution in [1.82, 2.24) is 5.32 Å². The molecule has 2 aliphatic rings. The molecule has 2 aromatic rings. The highest BCUT2D eigenvalue weighted by Gasteiger charge is 2.61. The highest BCUT2D eigenvalue weighted by atomic mass is 16.5. The lowest BCUT2D eigenvalue weighted by atomic mass is 9.87. The third kappa shape index (κ3) is 2.65. The van der Waals surface area contributed by atoms with Crippen LogP contribution in [0, 0.1) is 5.92 Å². The van der Waals surface area contributed by atoms with Gasteiger partial charge in [-0.1, -0.05) is 48.5 Å². The van der Waals surface area contributed by atoms with Gasteiger partial charge in [0.05, 0.1) is 6.61 Å². The molecule has 4 rings (SSSR count). The third-order valence-corrected chi connectivity index (χ3v) is 5.29. The van der Waals surface area contributed by atoms with E-state index in [2.05, 4.69) is 5.32 Å². The first-order chi connectivity index (χ1) is 12.1. The minimum Gasteiger partial charge on any atom is -0.493 e. The summed E-state index contributed by atoms with van der Waals surface area (Å²) in [5.41, 5.74) is 1.43. The van der Waals surface area contributed by atoms with E-state index in [-0.39, 0.29) is 17.2 Å². The average Bonchev–Trinajstić information content (AvgIpc) is 3.35. The molecule has 0 bridgehead atoms. The van der Waals surface area contributed by atoms with E-state index in [1.54, 1.807) is 24.3 Å². The maximum absolute atomic E-state index is 12.8. The van der Waals surface area contributed by atoms with Crippen LogP contribution in [-0.2, 0) is 15.0 Å². The van der Waals surface area contributed by atoms with E-state index in [4.69, 9.17) is 4.74 Å². The zero-order valence-corrected chi connectivity index (χ0v) is 13.6. The molecule has 128 valence electrons. The van der Waals surface area contributed by atoms with Crippen molar-refractivity contribution in [3.05, 3.63) is 65.7 Å². The molecule has 0 saturated heterocycles. The van der Waals surface area contributed by atoms with Crippen molar-refractivity contribution in [3.63, 3.8) is 0 Å². The number of fused-ring (bicyclic) bond motifs is 2. The Morgan fingerprint density at radius 1 is 1.12 bits per heavy atom. The second kappa shape index (κ2) is 5.92. The van der Waals surface area contributed by atoms with Crippen molar-refractivity contribution >= 4 is 11.9 Å². The molecule has 1 aliphatic heterocycles. The molecule has 1 aliphatic carbocycles. The number of carboxylic acids is 1. The van der Waals surface area contributed by atoms with Crippen LogP contribution in [0.15, 0.2) is 54.6 Å². The zero-order valence-electron chi connectivity index (χ0n) is 13.6. The number of nitrogens with one attached hydrogen (secondary N) is 1. The van der Waals surface area contributed by atoms with Gasteiger partial charge in [-0.05, 0) is 24.5 Å². The number of benzene rings is 2. The average molecular weight is 337 g/mol. The van der Waals surface area contributed by atoms with Gasteiger partial charge < -0.3 is 15.2 Å². The lowest BCUT2D eigenvalue weighted by molar-refractivity contribution is -0.142. The second-order valence-corrected chi connectivity index (χ2v) is 6.70. The summed E-state index contributed by atoms with van der Waals surface area (Å²) in [6.07, 6.45) is 1.52. The van der Waals surface area contributed by atoms with E-state index in [0.717, 1.165) is 24.2 Å². The van der Waals surface area contributed by atoms with Gasteiger partial charge in [0, 0.05) is 16.9 Å². The summed E-state index contributed by atoms with van der Waals surface area (Å²) in [5.74, 6) is -0.625. The summed E-state index contributed by atoms with van der Waals surface area (Å²) in [4.78, 5) is 24.4. The standard InChI is InChI=1S/C20H19NO4/c22-18(21-17(19(23)24)13-6-2-1-3-7-13)15-12-20(15)10-11-25-16-9-5-4-8-14(16)20/h1-9,15,17H,10-12H2,(H,21,22)(H,23,24)/t15-,17+,20-/m0/s1. The molecule has 2 N–H and O–H groups in total. The Morgan fingerprint density at radius 3 is 2.60 bits per heavy atom. The molecule has 1 fully saturated rings. The van der Waals surface area contributed by atoms with Crippen LogP contribution >= 0.6 is 0 Å². The predicted octanol–water partition coefficient (Wildman–Crippen LogP) is 2.67. The Morgan fingerprint density at radius 2 is 1.84 bits per heavy atom. The maximum atomic E-state index is 12.8. The molecule has 5 heteroatoms. The Kier molecular flexibility index (Phi) is 3.71. The number of carbonyl (C=O) groups is 2. The zero-order chi connectivity index (χ0) is 17.4. The molecular weight excluding hydrogens is 318 g/mol.